The van der Waals surface area contributed by atoms with Crippen LogP contribution in [0.2, 0.25) is 0 Å². The lowest BCUT2D eigenvalue weighted by Gasteiger charge is -2.39. The predicted octanol–water partition coefficient (Wildman–Crippen LogP) is 1.58. The van der Waals surface area contributed by atoms with Gasteiger partial charge in [-0.1, -0.05) is 13.8 Å². The van der Waals surface area contributed by atoms with Crippen molar-refractivity contribution in [1.82, 2.24) is 4.90 Å². The monoisotopic (exact) mass is 321 g/mol. The van der Waals surface area contributed by atoms with E-state index in [2.05, 4.69) is 4.74 Å². The molecule has 0 aromatic heterocycles. The molecular formula is C16H16FNO5. The molecule has 1 aromatic rings. The van der Waals surface area contributed by atoms with Crippen LogP contribution < -0.4 is 0 Å². The summed E-state index contributed by atoms with van der Waals surface area (Å²) in [6, 6.07) is 2.29. The summed E-state index contributed by atoms with van der Waals surface area (Å²) in [7, 11) is 1.15. The van der Waals surface area contributed by atoms with Gasteiger partial charge in [0.1, 0.15) is 5.82 Å². The zero-order valence-corrected chi connectivity index (χ0v) is 13.0. The van der Waals surface area contributed by atoms with Gasteiger partial charge in [0, 0.05) is 11.6 Å². The molecule has 23 heavy (non-hydrogen) atoms. The highest BCUT2D eigenvalue weighted by molar-refractivity contribution is 6.34. The Kier molecular flexibility index (Phi) is 3.58. The van der Waals surface area contributed by atoms with Gasteiger partial charge >= 0.3 is 17.8 Å². The molecule has 2 aliphatic heterocycles. The number of carbonyl (C=O) groups is 3. The van der Waals surface area contributed by atoms with E-state index >= 15 is 0 Å². The maximum absolute atomic E-state index is 14.2. The zero-order chi connectivity index (χ0) is 16.9. The number of benzene rings is 1. The van der Waals surface area contributed by atoms with Crippen LogP contribution in [0.1, 0.15) is 41.6 Å². The van der Waals surface area contributed by atoms with E-state index in [9.17, 15) is 18.8 Å². The molecule has 2 unspecified atom stereocenters. The van der Waals surface area contributed by atoms with Gasteiger partial charge in [0.2, 0.25) is 6.23 Å². The van der Waals surface area contributed by atoms with Crippen LogP contribution in [0, 0.1) is 11.7 Å². The molecule has 0 N–H and O–H groups in total. The molecule has 2 heterocycles. The number of halogens is 1. The third-order valence-electron chi connectivity index (χ3n) is 4.34. The van der Waals surface area contributed by atoms with Crippen molar-refractivity contribution in [3.8, 4) is 0 Å². The summed E-state index contributed by atoms with van der Waals surface area (Å²) in [5.74, 6) is -3.09. The van der Waals surface area contributed by atoms with Gasteiger partial charge in [-0.2, -0.15) is 0 Å². The van der Waals surface area contributed by atoms with Crippen molar-refractivity contribution in [2.75, 3.05) is 7.11 Å². The largest absolute Gasteiger partial charge is 0.465 e. The molecule has 1 amide bonds. The van der Waals surface area contributed by atoms with E-state index in [0.717, 1.165) is 7.11 Å². The van der Waals surface area contributed by atoms with Crippen molar-refractivity contribution in [2.45, 2.75) is 32.5 Å². The molecular weight excluding hydrogens is 305 g/mol. The highest BCUT2D eigenvalue weighted by Gasteiger charge is 2.49. The molecule has 122 valence electrons. The fraction of sp³-hybridized carbons (Fsp3) is 0.438. The first kappa shape index (κ1) is 15.5. The Hall–Kier alpha value is -2.44. The molecule has 0 saturated carbocycles. The first-order valence-corrected chi connectivity index (χ1v) is 7.29. The smallest absolute Gasteiger partial charge is 0.399 e. The van der Waals surface area contributed by atoms with Crippen LogP contribution in [-0.2, 0) is 25.5 Å². The van der Waals surface area contributed by atoms with E-state index in [1.54, 1.807) is 0 Å². The standard InChI is InChI=1S/C16H16FNO5/c1-7(2)12-5-8-4-11(17)10(15(20)22-3)6-9(8)14-18(12)13(19)16(21)23-14/h4,6-7,12,14H,5H2,1-3H3. The third-order valence-corrected chi connectivity index (χ3v) is 4.34. The summed E-state index contributed by atoms with van der Waals surface area (Å²) in [5, 5.41) is 0. The second kappa shape index (κ2) is 5.33. The minimum atomic E-state index is -0.933. The molecule has 0 radical (unpaired) electrons. The SMILES string of the molecule is COC(=O)c1cc2c(cc1F)CC(C(C)C)N1C(=O)C(=O)OC21. The summed E-state index contributed by atoms with van der Waals surface area (Å²) >= 11 is 0. The van der Waals surface area contributed by atoms with Crippen molar-refractivity contribution in [2.24, 2.45) is 5.92 Å². The number of fused-ring (bicyclic) bond motifs is 3. The summed E-state index contributed by atoms with van der Waals surface area (Å²) < 4.78 is 23.9. The minimum absolute atomic E-state index is 0.0624. The van der Waals surface area contributed by atoms with Crippen molar-refractivity contribution in [3.63, 3.8) is 0 Å². The first-order chi connectivity index (χ1) is 10.8. The van der Waals surface area contributed by atoms with Crippen LogP contribution in [0.25, 0.3) is 0 Å². The highest BCUT2D eigenvalue weighted by Crippen LogP contribution is 2.41. The van der Waals surface area contributed by atoms with E-state index in [0.29, 0.717) is 17.5 Å². The van der Waals surface area contributed by atoms with Crippen LogP contribution in [0.4, 0.5) is 4.39 Å². The number of nitrogens with zero attached hydrogens (tertiary/aromatic N) is 1. The summed E-state index contributed by atoms with van der Waals surface area (Å²) in [6.45, 7) is 3.84. The van der Waals surface area contributed by atoms with E-state index in [-0.39, 0.29) is 17.5 Å². The van der Waals surface area contributed by atoms with Gasteiger partial charge in [0.25, 0.3) is 0 Å². The Balaban J connectivity index is 2.14. The molecule has 0 bridgehead atoms. The zero-order valence-electron chi connectivity index (χ0n) is 13.0. The Morgan fingerprint density at radius 2 is 2.09 bits per heavy atom. The second-order valence-corrected chi connectivity index (χ2v) is 6.01. The lowest BCUT2D eigenvalue weighted by atomic mass is 9.86. The maximum Gasteiger partial charge on any atom is 0.399 e. The van der Waals surface area contributed by atoms with Crippen molar-refractivity contribution >= 4 is 17.8 Å². The highest BCUT2D eigenvalue weighted by atomic mass is 19.1. The molecule has 3 rings (SSSR count). The number of methoxy groups -OCH3 is 1. The number of rotatable bonds is 2. The number of amides is 1. The van der Waals surface area contributed by atoms with E-state index < -0.39 is 29.9 Å². The van der Waals surface area contributed by atoms with Gasteiger partial charge in [-0.05, 0) is 30.0 Å². The average molecular weight is 321 g/mol. The van der Waals surface area contributed by atoms with Gasteiger partial charge in [0.15, 0.2) is 0 Å². The Morgan fingerprint density at radius 3 is 2.70 bits per heavy atom. The molecule has 2 aliphatic rings. The predicted molar refractivity (Wildman–Crippen MR) is 75.7 cm³/mol. The van der Waals surface area contributed by atoms with Gasteiger partial charge in [-0.25, -0.2) is 14.0 Å². The van der Waals surface area contributed by atoms with Crippen LogP contribution in [0.5, 0.6) is 0 Å². The second-order valence-electron chi connectivity index (χ2n) is 6.01. The van der Waals surface area contributed by atoms with Gasteiger partial charge < -0.3 is 9.47 Å². The summed E-state index contributed by atoms with van der Waals surface area (Å²) in [4.78, 5) is 36.8. The number of hydrogen-bond donors (Lipinski definition) is 0. The minimum Gasteiger partial charge on any atom is -0.465 e. The number of ether oxygens (including phenoxy) is 2. The fourth-order valence-electron chi connectivity index (χ4n) is 3.14. The molecule has 2 atom stereocenters. The van der Waals surface area contributed by atoms with E-state index in [1.807, 2.05) is 13.8 Å². The Morgan fingerprint density at radius 1 is 1.39 bits per heavy atom. The van der Waals surface area contributed by atoms with Crippen LogP contribution in [0.15, 0.2) is 12.1 Å². The summed E-state index contributed by atoms with van der Waals surface area (Å²) in [5.41, 5.74) is 0.824. The molecule has 1 fully saturated rings. The van der Waals surface area contributed by atoms with Gasteiger partial charge in [-0.15, -0.1) is 0 Å². The van der Waals surface area contributed by atoms with E-state index in [4.69, 9.17) is 4.74 Å². The number of esters is 2. The summed E-state index contributed by atoms with van der Waals surface area (Å²) in [6.07, 6.45) is -0.528. The normalized spacial score (nSPS) is 22.7. The number of hydrogen-bond acceptors (Lipinski definition) is 5. The van der Waals surface area contributed by atoms with Gasteiger partial charge in [0.05, 0.1) is 12.7 Å². The average Bonchev–Trinajstić information content (AvgIpc) is 2.80. The molecule has 7 heteroatoms. The van der Waals surface area contributed by atoms with Crippen molar-refractivity contribution < 1.29 is 28.2 Å². The quantitative estimate of drug-likeness (QED) is 0.611. The molecule has 0 spiro atoms. The first-order valence-electron chi connectivity index (χ1n) is 7.29. The van der Waals surface area contributed by atoms with Crippen LogP contribution in [0.3, 0.4) is 0 Å². The van der Waals surface area contributed by atoms with Crippen molar-refractivity contribution in [1.29, 1.82) is 0 Å². The maximum atomic E-state index is 14.2. The van der Waals surface area contributed by atoms with Crippen molar-refractivity contribution in [3.05, 3.63) is 34.6 Å². The van der Waals surface area contributed by atoms with Crippen LogP contribution in [-0.4, -0.2) is 35.9 Å². The third kappa shape index (κ3) is 2.27. The molecule has 1 saturated heterocycles. The lowest BCUT2D eigenvalue weighted by molar-refractivity contribution is -0.149. The van der Waals surface area contributed by atoms with E-state index in [1.165, 1.54) is 17.0 Å². The molecule has 6 nitrogen and oxygen atoms in total. The Bertz CT molecular complexity index is 715. The lowest BCUT2D eigenvalue weighted by Crippen LogP contribution is -2.46. The molecule has 0 aliphatic carbocycles. The van der Waals surface area contributed by atoms with Gasteiger partial charge in [-0.3, -0.25) is 9.69 Å². The molecule has 1 aromatic carbocycles. The van der Waals surface area contributed by atoms with Crippen LogP contribution >= 0.6 is 0 Å². The number of carbonyl (C=O) groups excluding carboxylic acids is 3. The Labute approximate surface area is 132 Å². The topological polar surface area (TPSA) is 72.9 Å². The fourth-order valence-corrected chi connectivity index (χ4v) is 3.14.